The molecule has 144 valence electrons. The van der Waals surface area contributed by atoms with Crippen molar-refractivity contribution in [2.24, 2.45) is 0 Å². The summed E-state index contributed by atoms with van der Waals surface area (Å²) in [5.41, 5.74) is 2.22. The van der Waals surface area contributed by atoms with Crippen LogP contribution in [0.1, 0.15) is 24.4 Å². The fraction of sp³-hybridized carbons (Fsp3) is 0.273. The maximum absolute atomic E-state index is 12.9. The second-order valence-electron chi connectivity index (χ2n) is 6.72. The Morgan fingerprint density at radius 3 is 2.71 bits per heavy atom. The van der Waals surface area contributed by atoms with E-state index >= 15 is 0 Å². The fourth-order valence-electron chi connectivity index (χ4n) is 3.63. The van der Waals surface area contributed by atoms with Gasteiger partial charge in [-0.1, -0.05) is 42.1 Å². The Bertz CT molecular complexity index is 924. The van der Waals surface area contributed by atoms with Gasteiger partial charge in [0.2, 0.25) is 5.91 Å². The first-order valence-corrected chi connectivity index (χ1v) is 10.4. The van der Waals surface area contributed by atoms with Crippen molar-refractivity contribution in [1.82, 2.24) is 14.5 Å². The third kappa shape index (κ3) is 3.92. The van der Waals surface area contributed by atoms with E-state index in [9.17, 15) is 4.79 Å². The topological polar surface area (TPSA) is 47.4 Å². The molecule has 0 spiro atoms. The van der Waals surface area contributed by atoms with Crippen LogP contribution >= 0.6 is 11.8 Å². The van der Waals surface area contributed by atoms with Gasteiger partial charge in [-0.25, -0.2) is 4.98 Å². The van der Waals surface area contributed by atoms with Crippen molar-refractivity contribution in [1.29, 1.82) is 0 Å². The summed E-state index contributed by atoms with van der Waals surface area (Å²) in [6.45, 7) is 0.825. The first-order valence-electron chi connectivity index (χ1n) is 9.41. The van der Waals surface area contributed by atoms with E-state index in [1.807, 2.05) is 58.1 Å². The molecule has 4 rings (SSSR count). The minimum Gasteiger partial charge on any atom is -0.497 e. The van der Waals surface area contributed by atoms with E-state index in [4.69, 9.17) is 4.74 Å². The minimum absolute atomic E-state index is 0.167. The molecule has 1 saturated heterocycles. The van der Waals surface area contributed by atoms with E-state index in [1.54, 1.807) is 13.3 Å². The molecule has 0 saturated carbocycles. The van der Waals surface area contributed by atoms with Gasteiger partial charge in [-0.3, -0.25) is 9.36 Å². The van der Waals surface area contributed by atoms with Crippen molar-refractivity contribution in [3.63, 3.8) is 0 Å². The molecule has 6 heteroatoms. The summed E-state index contributed by atoms with van der Waals surface area (Å²) in [6, 6.07) is 18.3. The molecular weight excluding hydrogens is 370 g/mol. The number of hydrogen-bond acceptors (Lipinski definition) is 4. The second-order valence-corrected chi connectivity index (χ2v) is 7.66. The van der Waals surface area contributed by atoms with Gasteiger partial charge in [-0.15, -0.1) is 0 Å². The number of carbonyl (C=O) groups is 1. The molecule has 0 radical (unpaired) electrons. The Hall–Kier alpha value is -2.73. The van der Waals surface area contributed by atoms with Gasteiger partial charge in [-0.2, -0.15) is 0 Å². The first-order chi connectivity index (χ1) is 13.8. The average molecular weight is 394 g/mol. The first kappa shape index (κ1) is 18.6. The number of hydrogen-bond donors (Lipinski definition) is 0. The molecule has 1 atom stereocenters. The molecule has 0 N–H and O–H groups in total. The lowest BCUT2D eigenvalue weighted by atomic mass is 10.0. The summed E-state index contributed by atoms with van der Waals surface area (Å²) in [7, 11) is 1.65. The molecule has 0 unspecified atom stereocenters. The zero-order valence-electron chi connectivity index (χ0n) is 15.8. The van der Waals surface area contributed by atoms with Crippen molar-refractivity contribution >= 4 is 17.7 Å². The highest BCUT2D eigenvalue weighted by Gasteiger charge is 2.29. The molecule has 5 nitrogen and oxygen atoms in total. The third-order valence-electron chi connectivity index (χ3n) is 5.04. The van der Waals surface area contributed by atoms with Gasteiger partial charge >= 0.3 is 0 Å². The summed E-state index contributed by atoms with van der Waals surface area (Å²) in [5, 5.41) is 0.814. The van der Waals surface area contributed by atoms with Crippen LogP contribution in [0.4, 0.5) is 0 Å². The largest absolute Gasteiger partial charge is 0.497 e. The van der Waals surface area contributed by atoms with Gasteiger partial charge < -0.3 is 9.64 Å². The fourth-order valence-corrected chi connectivity index (χ4v) is 4.49. The molecule has 0 aliphatic carbocycles. The monoisotopic (exact) mass is 393 g/mol. The number of thioether (sulfide) groups is 1. The van der Waals surface area contributed by atoms with E-state index in [1.165, 1.54) is 17.3 Å². The molecule has 1 amide bonds. The summed E-state index contributed by atoms with van der Waals surface area (Å²) < 4.78 is 7.22. The highest BCUT2D eigenvalue weighted by molar-refractivity contribution is 7.99. The number of benzene rings is 2. The predicted molar refractivity (Wildman–Crippen MR) is 111 cm³/mol. The molecule has 2 heterocycles. The maximum atomic E-state index is 12.9. The Morgan fingerprint density at radius 2 is 1.96 bits per heavy atom. The van der Waals surface area contributed by atoms with Gasteiger partial charge in [0, 0.05) is 24.6 Å². The lowest BCUT2D eigenvalue weighted by molar-refractivity contribution is -0.129. The third-order valence-corrected chi connectivity index (χ3v) is 5.99. The second kappa shape index (κ2) is 8.52. The Kier molecular flexibility index (Phi) is 5.67. The average Bonchev–Trinajstić information content (AvgIpc) is 3.42. The van der Waals surface area contributed by atoms with Crippen molar-refractivity contribution in [2.45, 2.75) is 24.0 Å². The molecule has 28 heavy (non-hydrogen) atoms. The molecule has 1 aromatic heterocycles. The van der Waals surface area contributed by atoms with Crippen molar-refractivity contribution in [2.75, 3.05) is 19.4 Å². The van der Waals surface area contributed by atoms with Crippen LogP contribution in [-0.4, -0.2) is 39.8 Å². The number of nitrogens with zero attached hydrogens (tertiary/aromatic N) is 3. The number of ether oxygens (including phenoxy) is 1. The molecule has 3 aromatic rings. The summed E-state index contributed by atoms with van der Waals surface area (Å²) in [4.78, 5) is 19.4. The Morgan fingerprint density at radius 1 is 1.18 bits per heavy atom. The van der Waals surface area contributed by atoms with Gasteiger partial charge in [-0.05, 0) is 42.7 Å². The standard InChI is InChI=1S/C22H23N3O2S/c1-27-19-11-9-18(10-12-19)24-15-13-23-22(24)28-16-21(26)25-14-5-8-20(25)17-6-3-2-4-7-17/h2-4,6-7,9-13,15,20H,5,8,14,16H2,1H3/t20-/m1/s1. The summed E-state index contributed by atoms with van der Waals surface area (Å²) in [6.07, 6.45) is 5.76. The lowest BCUT2D eigenvalue weighted by Crippen LogP contribution is -2.32. The van der Waals surface area contributed by atoms with Crippen LogP contribution in [0.5, 0.6) is 5.75 Å². The van der Waals surface area contributed by atoms with Crippen LogP contribution in [0, 0.1) is 0 Å². The number of likely N-dealkylation sites (tertiary alicyclic amines) is 1. The van der Waals surface area contributed by atoms with E-state index < -0.39 is 0 Å². The Labute approximate surface area is 169 Å². The van der Waals surface area contributed by atoms with E-state index in [0.717, 1.165) is 36.0 Å². The number of imidazole rings is 1. The number of methoxy groups -OCH3 is 1. The van der Waals surface area contributed by atoms with Crippen LogP contribution < -0.4 is 4.74 Å². The highest BCUT2D eigenvalue weighted by atomic mass is 32.2. The molecule has 2 aromatic carbocycles. The van der Waals surface area contributed by atoms with Crippen LogP contribution in [0.3, 0.4) is 0 Å². The van der Waals surface area contributed by atoms with Gasteiger partial charge in [0.1, 0.15) is 5.75 Å². The summed E-state index contributed by atoms with van der Waals surface area (Å²) in [5.74, 6) is 1.37. The van der Waals surface area contributed by atoms with Gasteiger partial charge in [0.05, 0.1) is 18.9 Å². The van der Waals surface area contributed by atoms with Crippen molar-refractivity contribution in [3.8, 4) is 11.4 Å². The van der Waals surface area contributed by atoms with Gasteiger partial charge in [0.25, 0.3) is 0 Å². The van der Waals surface area contributed by atoms with Crippen LogP contribution in [0.25, 0.3) is 5.69 Å². The molecule has 1 fully saturated rings. The minimum atomic E-state index is 0.167. The van der Waals surface area contributed by atoms with Crippen molar-refractivity contribution in [3.05, 3.63) is 72.6 Å². The normalized spacial score (nSPS) is 16.3. The highest BCUT2D eigenvalue weighted by Crippen LogP contribution is 2.33. The van der Waals surface area contributed by atoms with Crippen LogP contribution in [0.2, 0.25) is 0 Å². The maximum Gasteiger partial charge on any atom is 0.233 e. The van der Waals surface area contributed by atoms with Gasteiger partial charge in [0.15, 0.2) is 5.16 Å². The van der Waals surface area contributed by atoms with E-state index in [2.05, 4.69) is 17.1 Å². The SMILES string of the molecule is COc1ccc(-n2ccnc2SCC(=O)N2CCC[C@@H]2c2ccccc2)cc1. The van der Waals surface area contributed by atoms with Crippen molar-refractivity contribution < 1.29 is 9.53 Å². The quantitative estimate of drug-likeness (QED) is 0.585. The lowest BCUT2D eigenvalue weighted by Gasteiger charge is -2.25. The number of rotatable bonds is 6. The molecule has 1 aliphatic rings. The van der Waals surface area contributed by atoms with Crippen LogP contribution in [0.15, 0.2) is 72.1 Å². The zero-order chi connectivity index (χ0) is 19.3. The number of aromatic nitrogens is 2. The predicted octanol–water partition coefficient (Wildman–Crippen LogP) is 4.34. The number of carbonyl (C=O) groups excluding carboxylic acids is 1. The smallest absolute Gasteiger partial charge is 0.233 e. The zero-order valence-corrected chi connectivity index (χ0v) is 16.6. The van der Waals surface area contributed by atoms with E-state index in [-0.39, 0.29) is 11.9 Å². The van der Waals surface area contributed by atoms with E-state index in [0.29, 0.717) is 5.75 Å². The number of amides is 1. The molecule has 1 aliphatic heterocycles. The molecule has 0 bridgehead atoms. The molecular formula is C22H23N3O2S. The summed E-state index contributed by atoms with van der Waals surface area (Å²) >= 11 is 1.48. The Balaban J connectivity index is 1.43. The van der Waals surface area contributed by atoms with Crippen LogP contribution in [-0.2, 0) is 4.79 Å².